The molecule has 34 heavy (non-hydrogen) atoms. The fraction of sp³-hybridized carbons (Fsp3) is 0.194. The second kappa shape index (κ2) is 9.18. The van der Waals surface area contributed by atoms with Crippen LogP contribution in [0.1, 0.15) is 43.2 Å². The summed E-state index contributed by atoms with van der Waals surface area (Å²) >= 11 is 0. The van der Waals surface area contributed by atoms with Gasteiger partial charge in [0.2, 0.25) is 0 Å². The number of aryl methyl sites for hydroxylation is 1. The van der Waals surface area contributed by atoms with E-state index in [1.807, 2.05) is 0 Å². The highest BCUT2D eigenvalue weighted by Crippen LogP contribution is 2.43. The topological polar surface area (TPSA) is 27.1 Å². The minimum Gasteiger partial charge on any atom is -0.491 e. The van der Waals surface area contributed by atoms with Gasteiger partial charge in [0.05, 0.1) is 17.3 Å². The largest absolute Gasteiger partial charge is 0.491 e. The van der Waals surface area contributed by atoms with Crippen LogP contribution in [0.2, 0.25) is 0 Å². The number of benzene rings is 4. The zero-order chi connectivity index (χ0) is 23.5. The molecule has 4 aromatic carbocycles. The van der Waals surface area contributed by atoms with Gasteiger partial charge in [-0.15, -0.1) is 0 Å². The fourth-order valence-corrected chi connectivity index (χ4v) is 4.93. The van der Waals surface area contributed by atoms with Crippen molar-refractivity contribution in [2.24, 2.45) is 0 Å². The van der Waals surface area contributed by atoms with Crippen LogP contribution in [0.15, 0.2) is 109 Å². The lowest BCUT2D eigenvalue weighted by Crippen LogP contribution is -2.38. The number of nitrogens with zero attached hydrogens (tertiary/aromatic N) is 2. The molecule has 0 bridgehead atoms. The molecule has 5 rings (SSSR count). The Labute approximate surface area is 201 Å². The smallest absolute Gasteiger partial charge is 0.138 e. The summed E-state index contributed by atoms with van der Waals surface area (Å²) < 4.78 is 8.26. The Hall–Kier alpha value is -3.85. The van der Waals surface area contributed by atoms with Crippen LogP contribution < -0.4 is 4.74 Å². The average Bonchev–Trinajstić information content (AvgIpc) is 3.24. The molecule has 5 aromatic rings. The van der Waals surface area contributed by atoms with Gasteiger partial charge in [0, 0.05) is 5.39 Å². The third kappa shape index (κ3) is 3.67. The van der Waals surface area contributed by atoms with Gasteiger partial charge in [-0.1, -0.05) is 97.9 Å². The van der Waals surface area contributed by atoms with Gasteiger partial charge in [-0.25, -0.2) is 4.68 Å². The molecule has 0 spiro atoms. The Morgan fingerprint density at radius 2 is 1.24 bits per heavy atom. The number of hydrogen-bond acceptors (Lipinski definition) is 2. The molecule has 0 saturated heterocycles. The average molecular weight is 447 g/mol. The van der Waals surface area contributed by atoms with Crippen molar-refractivity contribution in [1.29, 1.82) is 0 Å². The van der Waals surface area contributed by atoms with Crippen molar-refractivity contribution in [3.05, 3.63) is 132 Å². The first-order chi connectivity index (χ1) is 16.6. The Bertz CT molecular complexity index is 1280. The van der Waals surface area contributed by atoms with E-state index in [4.69, 9.17) is 9.84 Å². The maximum atomic E-state index is 6.03. The summed E-state index contributed by atoms with van der Waals surface area (Å²) in [6.45, 7) is 6.27. The lowest BCUT2D eigenvalue weighted by molar-refractivity contribution is 0.243. The molecule has 3 nitrogen and oxygen atoms in total. The standard InChI is InChI=1S/C31H30N2O/c1-4-29-28-22-27(34-23(2)3)20-21-30(28)33(32-29)31(24-14-8-5-9-15-24,25-16-10-6-11-17-25)26-18-12-7-13-19-26/h5-23H,4H2,1-3H3. The van der Waals surface area contributed by atoms with Gasteiger partial charge in [0.1, 0.15) is 11.3 Å². The molecule has 0 atom stereocenters. The van der Waals surface area contributed by atoms with E-state index < -0.39 is 5.54 Å². The van der Waals surface area contributed by atoms with Gasteiger partial charge in [-0.05, 0) is 55.2 Å². The van der Waals surface area contributed by atoms with Crippen LogP contribution in [0.5, 0.6) is 5.75 Å². The minimum atomic E-state index is -0.629. The molecule has 0 aliphatic rings. The summed E-state index contributed by atoms with van der Waals surface area (Å²) in [5.74, 6) is 0.876. The molecular weight excluding hydrogens is 416 g/mol. The number of hydrogen-bond donors (Lipinski definition) is 0. The van der Waals surface area contributed by atoms with Crippen molar-refractivity contribution in [1.82, 2.24) is 9.78 Å². The van der Waals surface area contributed by atoms with Gasteiger partial charge in [0.25, 0.3) is 0 Å². The molecule has 0 N–H and O–H groups in total. The molecular formula is C31H30N2O. The molecule has 1 heterocycles. The van der Waals surface area contributed by atoms with Crippen LogP contribution in [0.3, 0.4) is 0 Å². The molecule has 170 valence electrons. The maximum Gasteiger partial charge on any atom is 0.138 e. The molecule has 0 aliphatic heterocycles. The maximum absolute atomic E-state index is 6.03. The highest BCUT2D eigenvalue weighted by molar-refractivity contribution is 5.84. The summed E-state index contributed by atoms with van der Waals surface area (Å²) in [5, 5.41) is 6.42. The second-order valence-corrected chi connectivity index (χ2v) is 8.87. The monoisotopic (exact) mass is 446 g/mol. The highest BCUT2D eigenvalue weighted by Gasteiger charge is 2.40. The van der Waals surface area contributed by atoms with Crippen LogP contribution in [0.4, 0.5) is 0 Å². The van der Waals surface area contributed by atoms with Crippen molar-refractivity contribution in [2.75, 3.05) is 0 Å². The molecule has 0 aliphatic carbocycles. The van der Waals surface area contributed by atoms with Crippen LogP contribution >= 0.6 is 0 Å². The molecule has 3 heteroatoms. The predicted octanol–water partition coefficient (Wildman–Crippen LogP) is 7.23. The third-order valence-corrected chi connectivity index (χ3v) is 6.33. The lowest BCUT2D eigenvalue weighted by Gasteiger charge is -2.37. The van der Waals surface area contributed by atoms with Gasteiger partial charge < -0.3 is 4.74 Å². The second-order valence-electron chi connectivity index (χ2n) is 8.87. The molecule has 0 fully saturated rings. The zero-order valence-electron chi connectivity index (χ0n) is 20.0. The van der Waals surface area contributed by atoms with Gasteiger partial charge in [-0.3, -0.25) is 0 Å². The van der Waals surface area contributed by atoms with Crippen LogP contribution in [0.25, 0.3) is 10.9 Å². The first-order valence-electron chi connectivity index (χ1n) is 12.0. The first kappa shape index (κ1) is 22.0. The summed E-state index contributed by atoms with van der Waals surface area (Å²) in [4.78, 5) is 0. The van der Waals surface area contributed by atoms with E-state index in [1.54, 1.807) is 0 Å². The van der Waals surface area contributed by atoms with Gasteiger partial charge >= 0.3 is 0 Å². The van der Waals surface area contributed by atoms with E-state index in [2.05, 4.69) is 135 Å². The van der Waals surface area contributed by atoms with Crippen molar-refractivity contribution in [3.8, 4) is 5.75 Å². The number of aromatic nitrogens is 2. The Kier molecular flexibility index (Phi) is 5.93. The molecule has 0 saturated carbocycles. The van der Waals surface area contributed by atoms with Crippen molar-refractivity contribution in [3.63, 3.8) is 0 Å². The SMILES string of the molecule is CCc1nn(C(c2ccccc2)(c2ccccc2)c2ccccc2)c2ccc(OC(C)C)cc12. The molecule has 0 radical (unpaired) electrons. The highest BCUT2D eigenvalue weighted by atomic mass is 16.5. The first-order valence-corrected chi connectivity index (χ1v) is 12.0. The van der Waals surface area contributed by atoms with E-state index >= 15 is 0 Å². The van der Waals surface area contributed by atoms with E-state index in [-0.39, 0.29) is 6.10 Å². The number of rotatable bonds is 7. The lowest BCUT2D eigenvalue weighted by atomic mass is 9.77. The summed E-state index contributed by atoms with van der Waals surface area (Å²) in [5.41, 5.74) is 5.03. The van der Waals surface area contributed by atoms with Crippen LogP contribution in [-0.4, -0.2) is 15.9 Å². The third-order valence-electron chi connectivity index (χ3n) is 6.33. The number of ether oxygens (including phenoxy) is 1. The van der Waals surface area contributed by atoms with Crippen LogP contribution in [-0.2, 0) is 12.0 Å². The molecule has 0 amide bonds. The summed E-state index contributed by atoms with van der Waals surface area (Å²) in [6.07, 6.45) is 0.956. The minimum absolute atomic E-state index is 0.120. The Morgan fingerprint density at radius 3 is 1.68 bits per heavy atom. The van der Waals surface area contributed by atoms with Gasteiger partial charge in [0.15, 0.2) is 0 Å². The van der Waals surface area contributed by atoms with E-state index in [0.29, 0.717) is 0 Å². The van der Waals surface area contributed by atoms with Crippen LogP contribution in [0, 0.1) is 0 Å². The van der Waals surface area contributed by atoms with E-state index in [0.717, 1.165) is 28.8 Å². The quantitative estimate of drug-likeness (QED) is 0.247. The van der Waals surface area contributed by atoms with Crippen molar-refractivity contribution >= 4 is 10.9 Å². The fourth-order valence-electron chi connectivity index (χ4n) is 4.93. The van der Waals surface area contributed by atoms with Gasteiger partial charge in [-0.2, -0.15) is 5.10 Å². The Balaban J connectivity index is 1.90. The predicted molar refractivity (Wildman–Crippen MR) is 139 cm³/mol. The van der Waals surface area contributed by atoms with Crippen molar-refractivity contribution < 1.29 is 4.74 Å². The number of fused-ring (bicyclic) bond motifs is 1. The zero-order valence-corrected chi connectivity index (χ0v) is 20.0. The molecule has 0 unspecified atom stereocenters. The Morgan fingerprint density at radius 1 is 0.735 bits per heavy atom. The van der Waals surface area contributed by atoms with E-state index in [9.17, 15) is 0 Å². The summed E-state index contributed by atoms with van der Waals surface area (Å²) in [7, 11) is 0. The van der Waals surface area contributed by atoms with E-state index in [1.165, 1.54) is 16.7 Å². The van der Waals surface area contributed by atoms with Crippen molar-refractivity contribution in [2.45, 2.75) is 38.8 Å². The normalized spacial score (nSPS) is 11.8. The molecule has 1 aromatic heterocycles. The summed E-state index contributed by atoms with van der Waals surface area (Å²) in [6, 6.07) is 38.4.